The van der Waals surface area contributed by atoms with Gasteiger partial charge in [0, 0.05) is 22.8 Å². The summed E-state index contributed by atoms with van der Waals surface area (Å²) in [4.78, 5) is 22.4. The summed E-state index contributed by atoms with van der Waals surface area (Å²) in [5, 5.41) is 0. The fraction of sp³-hybridized carbons (Fsp3) is 0.190. The summed E-state index contributed by atoms with van der Waals surface area (Å²) < 4.78 is 38.9. The van der Waals surface area contributed by atoms with Crippen molar-refractivity contribution in [2.24, 2.45) is 0 Å². The van der Waals surface area contributed by atoms with Crippen LogP contribution in [-0.2, 0) is 17.7 Å². The van der Waals surface area contributed by atoms with Crippen LogP contribution in [0.5, 0.6) is 11.5 Å². The predicted molar refractivity (Wildman–Crippen MR) is 118 cm³/mol. The van der Waals surface area contributed by atoms with Crippen molar-refractivity contribution in [1.82, 2.24) is 14.5 Å². The molecule has 4 aromatic rings. The molecule has 0 spiro atoms. The number of halogens is 1. The molecule has 0 radical (unpaired) electrons. The second kappa shape index (κ2) is 8.66. The number of nitrogens with zero attached hydrogens (tertiary/aromatic N) is 3. The molecule has 0 saturated carbocycles. The van der Waals surface area contributed by atoms with E-state index in [0.717, 1.165) is 11.3 Å². The molecule has 0 aliphatic heterocycles. The minimum Gasteiger partial charge on any atom is -0.610 e. The van der Waals surface area contributed by atoms with E-state index in [9.17, 15) is 13.7 Å². The predicted octanol–water partition coefficient (Wildman–Crippen LogP) is 3.46. The van der Waals surface area contributed by atoms with E-state index in [-0.39, 0.29) is 23.4 Å². The van der Waals surface area contributed by atoms with Crippen molar-refractivity contribution in [3.8, 4) is 22.9 Å². The Hall–Kier alpha value is -2.95. The highest BCUT2D eigenvalue weighted by Gasteiger charge is 2.22. The van der Waals surface area contributed by atoms with E-state index in [4.69, 9.17) is 9.47 Å². The van der Waals surface area contributed by atoms with E-state index in [1.54, 1.807) is 43.5 Å². The molecule has 2 aromatic heterocycles. The standard InChI is InChI=1S/C21H18FN3O4S2/c1-28-13-9-8-12(16(10-13)29-2)11-25-18(14-6-4-5-7-15(14)22)24-19-17(20(25)26)23-21(30-19)31(3)27/h4-10H,11H2,1-3H3. The monoisotopic (exact) mass is 459 g/mol. The summed E-state index contributed by atoms with van der Waals surface area (Å²) in [5.74, 6) is 0.767. The number of fused-ring (bicyclic) bond motifs is 1. The van der Waals surface area contributed by atoms with Crippen LogP contribution in [0.2, 0.25) is 0 Å². The van der Waals surface area contributed by atoms with Gasteiger partial charge in [-0.2, -0.15) is 4.98 Å². The van der Waals surface area contributed by atoms with E-state index in [1.165, 1.54) is 24.0 Å². The van der Waals surface area contributed by atoms with Gasteiger partial charge < -0.3 is 14.0 Å². The van der Waals surface area contributed by atoms with Crippen LogP contribution in [0.3, 0.4) is 0 Å². The number of hydrogen-bond donors (Lipinski definition) is 0. The zero-order valence-electron chi connectivity index (χ0n) is 16.9. The van der Waals surface area contributed by atoms with Crippen molar-refractivity contribution in [2.75, 3.05) is 20.5 Å². The molecule has 0 aliphatic carbocycles. The first-order valence-electron chi connectivity index (χ1n) is 9.13. The van der Waals surface area contributed by atoms with Gasteiger partial charge in [0.25, 0.3) is 5.56 Å². The number of ether oxygens (including phenoxy) is 2. The molecule has 0 aliphatic rings. The Bertz CT molecular complexity index is 1320. The summed E-state index contributed by atoms with van der Waals surface area (Å²) in [6, 6.07) is 11.3. The molecular weight excluding hydrogens is 441 g/mol. The highest BCUT2D eigenvalue weighted by Crippen LogP contribution is 2.29. The maximum atomic E-state index is 14.6. The zero-order valence-corrected chi connectivity index (χ0v) is 18.6. The SMILES string of the molecule is COc1ccc(Cn2c(-c3ccccc3F)nc3sc([S+](C)[O-])nc3c2=O)c(OC)c1. The third kappa shape index (κ3) is 4.01. The number of hydrogen-bond acceptors (Lipinski definition) is 7. The average molecular weight is 460 g/mol. The lowest BCUT2D eigenvalue weighted by molar-refractivity contribution is 0.390. The second-order valence-electron chi connectivity index (χ2n) is 6.57. The highest BCUT2D eigenvalue weighted by atomic mass is 32.2. The van der Waals surface area contributed by atoms with Crippen LogP contribution in [0.1, 0.15) is 5.56 Å². The van der Waals surface area contributed by atoms with Crippen molar-refractivity contribution in [3.05, 3.63) is 64.2 Å². The fourth-order valence-corrected chi connectivity index (χ4v) is 4.75. The fourth-order valence-electron chi connectivity index (χ4n) is 3.16. The summed E-state index contributed by atoms with van der Waals surface area (Å²) in [5.41, 5.74) is 0.511. The zero-order chi connectivity index (χ0) is 22.1. The molecule has 0 fully saturated rings. The third-order valence-corrected chi connectivity index (χ3v) is 6.96. The van der Waals surface area contributed by atoms with Gasteiger partial charge in [0.1, 0.15) is 29.4 Å². The smallest absolute Gasteiger partial charge is 0.304 e. The van der Waals surface area contributed by atoms with Crippen molar-refractivity contribution < 1.29 is 18.4 Å². The Kier molecular flexibility index (Phi) is 5.94. The number of methoxy groups -OCH3 is 2. The van der Waals surface area contributed by atoms with Gasteiger partial charge in [0.2, 0.25) is 0 Å². The maximum Gasteiger partial charge on any atom is 0.304 e. The minimum absolute atomic E-state index is 0.0701. The Balaban J connectivity index is 1.96. The van der Waals surface area contributed by atoms with Gasteiger partial charge >= 0.3 is 4.34 Å². The first kappa shape index (κ1) is 21.3. The molecule has 1 unspecified atom stereocenters. The van der Waals surface area contributed by atoms with Gasteiger partial charge in [-0.1, -0.05) is 12.1 Å². The van der Waals surface area contributed by atoms with Crippen LogP contribution in [0.25, 0.3) is 21.7 Å². The summed E-state index contributed by atoms with van der Waals surface area (Å²) in [7, 11) is 3.06. The van der Waals surface area contributed by atoms with Gasteiger partial charge in [0.05, 0.1) is 26.3 Å². The molecule has 160 valence electrons. The topological polar surface area (TPSA) is 89.3 Å². The molecule has 0 saturated heterocycles. The van der Waals surface area contributed by atoms with Gasteiger partial charge in [-0.3, -0.25) is 9.36 Å². The normalized spacial score (nSPS) is 12.2. The largest absolute Gasteiger partial charge is 0.610 e. The Labute approximate surface area is 184 Å². The second-order valence-corrected chi connectivity index (χ2v) is 9.10. The van der Waals surface area contributed by atoms with Gasteiger partial charge in [0.15, 0.2) is 10.3 Å². The van der Waals surface area contributed by atoms with E-state index < -0.39 is 22.6 Å². The Morgan fingerprint density at radius 2 is 1.94 bits per heavy atom. The Morgan fingerprint density at radius 1 is 1.16 bits per heavy atom. The molecule has 0 N–H and O–H groups in total. The van der Waals surface area contributed by atoms with Crippen LogP contribution in [0, 0.1) is 5.82 Å². The molecule has 7 nitrogen and oxygen atoms in total. The summed E-state index contributed by atoms with van der Waals surface area (Å²) in [6.07, 6.45) is 1.48. The van der Waals surface area contributed by atoms with Crippen molar-refractivity contribution >= 4 is 32.9 Å². The number of rotatable bonds is 6. The molecule has 10 heteroatoms. The number of benzene rings is 2. The van der Waals surface area contributed by atoms with Crippen LogP contribution in [0.15, 0.2) is 51.6 Å². The Morgan fingerprint density at radius 3 is 2.61 bits per heavy atom. The lowest BCUT2D eigenvalue weighted by Crippen LogP contribution is -2.24. The van der Waals surface area contributed by atoms with Crippen molar-refractivity contribution in [2.45, 2.75) is 10.9 Å². The lowest BCUT2D eigenvalue weighted by Gasteiger charge is -2.15. The highest BCUT2D eigenvalue weighted by molar-refractivity contribution is 7.92. The van der Waals surface area contributed by atoms with Crippen LogP contribution >= 0.6 is 11.3 Å². The molecule has 4 rings (SSSR count). The first-order valence-corrected chi connectivity index (χ1v) is 11.5. The number of aromatic nitrogens is 3. The van der Waals surface area contributed by atoms with Crippen LogP contribution < -0.4 is 15.0 Å². The summed E-state index contributed by atoms with van der Waals surface area (Å²) >= 11 is -0.305. The molecule has 31 heavy (non-hydrogen) atoms. The lowest BCUT2D eigenvalue weighted by atomic mass is 10.1. The molecule has 0 bridgehead atoms. The van der Waals surface area contributed by atoms with E-state index >= 15 is 0 Å². The molecule has 0 amide bonds. The van der Waals surface area contributed by atoms with Gasteiger partial charge in [-0.25, -0.2) is 9.37 Å². The average Bonchev–Trinajstić information content (AvgIpc) is 3.21. The van der Waals surface area contributed by atoms with E-state index in [0.29, 0.717) is 26.2 Å². The third-order valence-electron chi connectivity index (χ3n) is 4.68. The minimum atomic E-state index is -1.37. The maximum absolute atomic E-state index is 14.6. The number of thiazole rings is 1. The van der Waals surface area contributed by atoms with E-state index in [2.05, 4.69) is 9.97 Å². The molecule has 1 atom stereocenters. The first-order chi connectivity index (χ1) is 14.9. The van der Waals surface area contributed by atoms with Gasteiger partial charge in [-0.05, 0) is 35.6 Å². The quantitative estimate of drug-likeness (QED) is 0.410. The molecule has 2 aromatic carbocycles. The van der Waals surface area contributed by atoms with E-state index in [1.807, 2.05) is 0 Å². The summed E-state index contributed by atoms with van der Waals surface area (Å²) in [6.45, 7) is 0.0701. The molecular formula is C21H18FN3O4S2. The van der Waals surface area contributed by atoms with Gasteiger partial charge in [-0.15, -0.1) is 0 Å². The van der Waals surface area contributed by atoms with Crippen molar-refractivity contribution in [1.29, 1.82) is 0 Å². The van der Waals surface area contributed by atoms with Crippen LogP contribution in [0.4, 0.5) is 4.39 Å². The molecule has 2 heterocycles. The van der Waals surface area contributed by atoms with Crippen LogP contribution in [-0.4, -0.2) is 39.6 Å². The van der Waals surface area contributed by atoms with Crippen molar-refractivity contribution in [3.63, 3.8) is 0 Å².